The molecule has 2 aliphatic rings. The topological polar surface area (TPSA) is 102 Å². The van der Waals surface area contributed by atoms with E-state index in [1.807, 2.05) is 12.1 Å². The first-order valence-corrected chi connectivity index (χ1v) is 13.1. The number of hydrogen-bond donors (Lipinski definition) is 1. The van der Waals surface area contributed by atoms with Crippen LogP contribution < -0.4 is 10.6 Å². The number of aldehydes is 1. The summed E-state index contributed by atoms with van der Waals surface area (Å²) in [4.78, 5) is 39.5. The number of rotatable bonds is 15. The molecule has 35 heavy (non-hydrogen) atoms. The third-order valence-electron chi connectivity index (χ3n) is 7.03. The van der Waals surface area contributed by atoms with Gasteiger partial charge in [-0.05, 0) is 55.9 Å². The van der Waals surface area contributed by atoms with E-state index in [1.165, 1.54) is 4.90 Å². The number of carbonyl (C=O) groups excluding carboxylic acids is 3. The van der Waals surface area contributed by atoms with Crippen LogP contribution in [0.25, 0.3) is 0 Å². The predicted molar refractivity (Wildman–Crippen MR) is 137 cm³/mol. The Kier molecular flexibility index (Phi) is 10.5. The molecule has 0 bridgehead atoms. The standard InChI is InChI=1S/C27H41N3O5.H2/c1-3-5-16-34-27(35-17-6-4-2)20-11-13-29(14-12-20)22-9-10-23-21(18-22)19-30(26(23)33)24(25(28)32)8-7-15-31;/h9-10,15,18,20,24,27H,3-8,11-14,16-17,19H2,1-2H3,(H2,28,32);1H. The predicted octanol–water partition coefficient (Wildman–Crippen LogP) is 3.90. The van der Waals surface area contributed by atoms with Gasteiger partial charge in [-0.15, -0.1) is 0 Å². The molecule has 2 aliphatic heterocycles. The number of unbranched alkanes of at least 4 members (excludes halogenated alkanes) is 2. The Morgan fingerprint density at radius 1 is 1.17 bits per heavy atom. The first-order valence-electron chi connectivity index (χ1n) is 13.1. The fraction of sp³-hybridized carbons (Fsp3) is 0.667. The molecule has 3 rings (SSSR count). The van der Waals surface area contributed by atoms with Crippen LogP contribution in [0.1, 0.15) is 82.6 Å². The second-order valence-corrected chi connectivity index (χ2v) is 9.58. The zero-order chi connectivity index (χ0) is 25.2. The second kappa shape index (κ2) is 13.6. The molecule has 0 saturated carbocycles. The summed E-state index contributed by atoms with van der Waals surface area (Å²) in [5, 5.41) is 0. The van der Waals surface area contributed by atoms with Gasteiger partial charge in [0.25, 0.3) is 5.91 Å². The first-order chi connectivity index (χ1) is 17.0. The van der Waals surface area contributed by atoms with E-state index in [1.54, 1.807) is 0 Å². The summed E-state index contributed by atoms with van der Waals surface area (Å²) in [6, 6.07) is 5.12. The maximum atomic E-state index is 12.9. The van der Waals surface area contributed by atoms with Crippen LogP contribution in [0.2, 0.25) is 0 Å². The first kappa shape index (κ1) is 27.1. The Labute approximate surface area is 210 Å². The monoisotopic (exact) mass is 489 g/mol. The third-order valence-corrected chi connectivity index (χ3v) is 7.03. The van der Waals surface area contributed by atoms with Crippen molar-refractivity contribution in [2.75, 3.05) is 31.2 Å². The SMILES string of the molecule is CCCCOC(OCCCC)C1CCN(c2ccc3c(c2)CN(C(CCC=O)C(N)=O)C3=O)CC1.[HH]. The van der Waals surface area contributed by atoms with E-state index in [2.05, 4.69) is 24.8 Å². The minimum absolute atomic E-state index is 0. The van der Waals surface area contributed by atoms with Gasteiger partial charge in [-0.1, -0.05) is 26.7 Å². The summed E-state index contributed by atoms with van der Waals surface area (Å²) in [7, 11) is 0. The highest BCUT2D eigenvalue weighted by Crippen LogP contribution is 2.32. The van der Waals surface area contributed by atoms with Crippen molar-refractivity contribution < 1.29 is 25.3 Å². The van der Waals surface area contributed by atoms with Crippen LogP contribution in [0.15, 0.2) is 18.2 Å². The lowest BCUT2D eigenvalue weighted by molar-refractivity contribution is -0.177. The smallest absolute Gasteiger partial charge is 0.255 e. The van der Waals surface area contributed by atoms with E-state index in [0.717, 1.165) is 82.4 Å². The van der Waals surface area contributed by atoms with Crippen LogP contribution >= 0.6 is 0 Å². The van der Waals surface area contributed by atoms with E-state index in [4.69, 9.17) is 15.2 Å². The fourth-order valence-electron chi connectivity index (χ4n) is 4.89. The molecule has 2 N–H and O–H groups in total. The van der Waals surface area contributed by atoms with Crippen molar-refractivity contribution in [3.63, 3.8) is 0 Å². The average Bonchev–Trinajstić information content (AvgIpc) is 3.19. The second-order valence-electron chi connectivity index (χ2n) is 9.58. The van der Waals surface area contributed by atoms with Crippen molar-refractivity contribution in [1.82, 2.24) is 4.90 Å². The third kappa shape index (κ3) is 7.04. The highest BCUT2D eigenvalue weighted by atomic mass is 16.7. The summed E-state index contributed by atoms with van der Waals surface area (Å²) in [5.74, 6) is -0.399. The molecule has 0 spiro atoms. The van der Waals surface area contributed by atoms with Crippen molar-refractivity contribution in [3.05, 3.63) is 29.3 Å². The molecular formula is C27H43N3O5. The number of piperidine rings is 1. The van der Waals surface area contributed by atoms with Gasteiger partial charge in [0, 0.05) is 57.9 Å². The zero-order valence-electron chi connectivity index (χ0n) is 21.2. The van der Waals surface area contributed by atoms with Crippen molar-refractivity contribution in [2.24, 2.45) is 11.7 Å². The van der Waals surface area contributed by atoms with Crippen molar-refractivity contribution in [3.8, 4) is 0 Å². The number of nitrogens with zero attached hydrogens (tertiary/aromatic N) is 2. The number of ether oxygens (including phenoxy) is 2. The van der Waals surface area contributed by atoms with Crippen LogP contribution in [-0.2, 0) is 25.6 Å². The number of benzene rings is 1. The lowest BCUT2D eigenvalue weighted by Crippen LogP contribution is -2.44. The Bertz CT molecular complexity index is 850. The van der Waals surface area contributed by atoms with Gasteiger partial charge in [0.2, 0.25) is 5.91 Å². The van der Waals surface area contributed by atoms with Crippen LogP contribution in [0.4, 0.5) is 5.69 Å². The summed E-state index contributed by atoms with van der Waals surface area (Å²) in [5.41, 5.74) is 8.12. The van der Waals surface area contributed by atoms with Crippen molar-refractivity contribution >= 4 is 23.8 Å². The molecule has 0 aliphatic carbocycles. The van der Waals surface area contributed by atoms with E-state index in [9.17, 15) is 14.4 Å². The van der Waals surface area contributed by atoms with Gasteiger partial charge in [-0.3, -0.25) is 9.59 Å². The molecule has 1 atom stereocenters. The number of fused-ring (bicyclic) bond motifs is 1. The molecule has 1 saturated heterocycles. The fourth-order valence-corrected chi connectivity index (χ4v) is 4.89. The van der Waals surface area contributed by atoms with Crippen molar-refractivity contribution in [1.29, 1.82) is 0 Å². The number of nitrogens with two attached hydrogens (primary N) is 1. The Hall–Kier alpha value is -2.45. The van der Waals surface area contributed by atoms with Gasteiger partial charge in [0.1, 0.15) is 12.3 Å². The van der Waals surface area contributed by atoms with E-state index in [0.29, 0.717) is 18.0 Å². The summed E-state index contributed by atoms with van der Waals surface area (Å²) in [6.07, 6.45) is 7.33. The quantitative estimate of drug-likeness (QED) is 0.228. The Morgan fingerprint density at radius 3 is 2.40 bits per heavy atom. The number of amides is 2. The molecule has 8 heteroatoms. The van der Waals surface area contributed by atoms with Gasteiger partial charge in [-0.25, -0.2) is 0 Å². The normalized spacial score (nSPS) is 17.2. The molecule has 1 unspecified atom stereocenters. The van der Waals surface area contributed by atoms with E-state index < -0.39 is 11.9 Å². The van der Waals surface area contributed by atoms with Gasteiger partial charge in [0.15, 0.2) is 6.29 Å². The molecule has 2 heterocycles. The van der Waals surface area contributed by atoms with E-state index >= 15 is 0 Å². The Morgan fingerprint density at radius 2 is 1.83 bits per heavy atom. The molecule has 1 aromatic carbocycles. The minimum Gasteiger partial charge on any atom is -0.372 e. The van der Waals surface area contributed by atoms with Gasteiger partial charge >= 0.3 is 0 Å². The molecule has 1 aromatic rings. The van der Waals surface area contributed by atoms with Crippen LogP contribution in [0.5, 0.6) is 0 Å². The van der Waals surface area contributed by atoms with Gasteiger partial charge < -0.3 is 29.8 Å². The number of carbonyl (C=O) groups is 3. The molecule has 1 fully saturated rings. The molecule has 196 valence electrons. The molecule has 2 amide bonds. The average molecular weight is 490 g/mol. The summed E-state index contributed by atoms with van der Waals surface area (Å²) in [6.45, 7) is 7.94. The summed E-state index contributed by atoms with van der Waals surface area (Å²) >= 11 is 0. The lowest BCUT2D eigenvalue weighted by Gasteiger charge is -2.37. The minimum atomic E-state index is -0.767. The largest absolute Gasteiger partial charge is 0.372 e. The maximum absolute atomic E-state index is 12.9. The van der Waals surface area contributed by atoms with Crippen LogP contribution in [0.3, 0.4) is 0 Å². The Balaban J connectivity index is 0.00000456. The highest BCUT2D eigenvalue weighted by Gasteiger charge is 2.36. The van der Waals surface area contributed by atoms with Gasteiger partial charge in [-0.2, -0.15) is 0 Å². The molecular weight excluding hydrogens is 446 g/mol. The molecule has 0 aromatic heterocycles. The number of hydrogen-bond acceptors (Lipinski definition) is 6. The van der Waals surface area contributed by atoms with E-state index in [-0.39, 0.29) is 26.5 Å². The zero-order valence-corrected chi connectivity index (χ0v) is 21.2. The molecule has 0 radical (unpaired) electrons. The number of anilines is 1. The highest BCUT2D eigenvalue weighted by molar-refractivity contribution is 6.01. The number of primary amides is 1. The summed E-state index contributed by atoms with van der Waals surface area (Å²) < 4.78 is 12.2. The molecule has 8 nitrogen and oxygen atoms in total. The van der Waals surface area contributed by atoms with Gasteiger partial charge in [0.05, 0.1) is 0 Å². The van der Waals surface area contributed by atoms with Crippen LogP contribution in [-0.4, -0.2) is 61.6 Å². The van der Waals surface area contributed by atoms with Crippen molar-refractivity contribution in [2.45, 2.75) is 84.1 Å². The lowest BCUT2D eigenvalue weighted by atomic mass is 9.95. The van der Waals surface area contributed by atoms with Crippen LogP contribution in [0, 0.1) is 5.92 Å². The maximum Gasteiger partial charge on any atom is 0.255 e.